The summed E-state index contributed by atoms with van der Waals surface area (Å²) in [6.45, 7) is 3.33. The highest BCUT2D eigenvalue weighted by molar-refractivity contribution is 7.98. The Morgan fingerprint density at radius 3 is 2.45 bits per heavy atom. The summed E-state index contributed by atoms with van der Waals surface area (Å²) in [6, 6.07) is 15.3. The minimum absolute atomic E-state index is 0.0145. The van der Waals surface area contributed by atoms with Crippen molar-refractivity contribution in [3.8, 4) is 5.75 Å². The molecule has 1 N–H and O–H groups in total. The quantitative estimate of drug-likeness (QED) is 0.730. The zero-order chi connectivity index (χ0) is 20.6. The summed E-state index contributed by atoms with van der Waals surface area (Å²) in [5, 5.41) is 2.96. The largest absolute Gasteiger partial charge is 0.495 e. The average molecular weight is 413 g/mol. The minimum Gasteiger partial charge on any atom is -0.495 e. The Balaban J connectivity index is 1.53. The predicted octanol–water partition coefficient (Wildman–Crippen LogP) is 4.44. The van der Waals surface area contributed by atoms with Crippen LogP contribution < -0.4 is 10.1 Å². The molecular weight excluding hydrogens is 384 g/mol. The van der Waals surface area contributed by atoms with Crippen LogP contribution in [0.1, 0.15) is 35.7 Å². The molecular formula is C23H28N2O3S. The van der Waals surface area contributed by atoms with Gasteiger partial charge >= 0.3 is 0 Å². The highest BCUT2D eigenvalue weighted by Crippen LogP contribution is 2.26. The van der Waals surface area contributed by atoms with Crippen molar-refractivity contribution in [2.75, 3.05) is 31.3 Å². The molecule has 0 atom stereocenters. The van der Waals surface area contributed by atoms with Crippen molar-refractivity contribution in [1.82, 2.24) is 4.90 Å². The van der Waals surface area contributed by atoms with Crippen LogP contribution in [0.3, 0.4) is 0 Å². The van der Waals surface area contributed by atoms with Crippen molar-refractivity contribution in [3.05, 3.63) is 59.7 Å². The molecule has 0 saturated carbocycles. The number of nitrogens with zero attached hydrogens (tertiary/aromatic N) is 1. The second-order valence-corrected chi connectivity index (χ2v) is 8.36. The summed E-state index contributed by atoms with van der Waals surface area (Å²) in [6.07, 6.45) is 1.33. The number of piperidine rings is 1. The maximum atomic E-state index is 12.8. The fourth-order valence-electron chi connectivity index (χ4n) is 3.47. The van der Waals surface area contributed by atoms with Gasteiger partial charge in [0, 0.05) is 30.3 Å². The third-order valence-electron chi connectivity index (χ3n) is 5.19. The van der Waals surface area contributed by atoms with Crippen LogP contribution in [0.2, 0.25) is 0 Å². The van der Waals surface area contributed by atoms with Gasteiger partial charge in [-0.15, -0.1) is 0 Å². The number of methoxy groups -OCH3 is 1. The standard InChI is InChI=1S/C23H28N2O3S/c1-3-29-16-17-8-10-19(11-9-17)23(27)25-14-12-18(13-15-25)22(26)24-20-6-4-5-7-21(20)28-2/h4-11,18H,3,12-16H2,1-2H3,(H,24,26). The van der Waals surface area contributed by atoms with Crippen LogP contribution in [-0.4, -0.2) is 42.7 Å². The van der Waals surface area contributed by atoms with Gasteiger partial charge in [0.05, 0.1) is 12.8 Å². The monoisotopic (exact) mass is 412 g/mol. The molecule has 0 bridgehead atoms. The van der Waals surface area contributed by atoms with Gasteiger partial charge in [-0.3, -0.25) is 9.59 Å². The Bertz CT molecular complexity index is 830. The van der Waals surface area contributed by atoms with Gasteiger partial charge in [0.1, 0.15) is 5.75 Å². The third-order valence-corrected chi connectivity index (χ3v) is 6.14. The molecule has 0 aromatic heterocycles. The first kappa shape index (κ1) is 21.2. The molecule has 3 rings (SSSR count). The Morgan fingerprint density at radius 2 is 1.79 bits per heavy atom. The molecule has 6 heteroatoms. The molecule has 0 aliphatic carbocycles. The first-order chi connectivity index (χ1) is 14.1. The Kier molecular flexibility index (Phi) is 7.58. The number of carbonyl (C=O) groups is 2. The van der Waals surface area contributed by atoms with Crippen LogP contribution in [0.15, 0.2) is 48.5 Å². The number of benzene rings is 2. The second-order valence-electron chi connectivity index (χ2n) is 7.09. The van der Waals surface area contributed by atoms with E-state index in [1.54, 1.807) is 7.11 Å². The van der Waals surface area contributed by atoms with Gasteiger partial charge in [0.25, 0.3) is 5.91 Å². The molecule has 29 heavy (non-hydrogen) atoms. The summed E-state index contributed by atoms with van der Waals surface area (Å²) >= 11 is 1.87. The molecule has 0 radical (unpaired) electrons. The number of likely N-dealkylation sites (tertiary alicyclic amines) is 1. The molecule has 5 nitrogen and oxygen atoms in total. The number of rotatable bonds is 7. The second kappa shape index (κ2) is 10.3. The number of thioether (sulfide) groups is 1. The van der Waals surface area contributed by atoms with Crippen LogP contribution in [0, 0.1) is 5.92 Å². The molecule has 154 valence electrons. The average Bonchev–Trinajstić information content (AvgIpc) is 2.78. The molecule has 1 fully saturated rings. The smallest absolute Gasteiger partial charge is 0.253 e. The van der Waals surface area contributed by atoms with Gasteiger partial charge in [-0.05, 0) is 48.4 Å². The van der Waals surface area contributed by atoms with E-state index in [2.05, 4.69) is 12.2 Å². The molecule has 1 saturated heterocycles. The lowest BCUT2D eigenvalue weighted by Crippen LogP contribution is -2.41. The number of anilines is 1. The topological polar surface area (TPSA) is 58.6 Å². The summed E-state index contributed by atoms with van der Waals surface area (Å²) in [4.78, 5) is 27.3. The number of ether oxygens (including phenoxy) is 1. The van der Waals surface area contributed by atoms with Crippen LogP contribution in [-0.2, 0) is 10.5 Å². The van der Waals surface area contributed by atoms with Gasteiger partial charge < -0.3 is 15.0 Å². The van der Waals surface area contributed by atoms with E-state index in [4.69, 9.17) is 4.74 Å². The minimum atomic E-state index is -0.0996. The number of hydrogen-bond acceptors (Lipinski definition) is 4. The van der Waals surface area contributed by atoms with Gasteiger partial charge in [0.2, 0.25) is 5.91 Å². The number of nitrogens with one attached hydrogen (secondary N) is 1. The molecule has 0 spiro atoms. The van der Waals surface area contributed by atoms with Crippen molar-refractivity contribution < 1.29 is 14.3 Å². The van der Waals surface area contributed by atoms with E-state index >= 15 is 0 Å². The number of hydrogen-bond donors (Lipinski definition) is 1. The van der Waals surface area contributed by atoms with E-state index in [-0.39, 0.29) is 17.7 Å². The van der Waals surface area contributed by atoms with Gasteiger partial charge in [-0.2, -0.15) is 11.8 Å². The number of carbonyl (C=O) groups excluding carboxylic acids is 2. The molecule has 1 aliphatic rings. The fraction of sp³-hybridized carbons (Fsp3) is 0.391. The molecule has 1 aliphatic heterocycles. The normalized spacial score (nSPS) is 14.5. The SMILES string of the molecule is CCSCc1ccc(C(=O)N2CCC(C(=O)Nc3ccccc3OC)CC2)cc1. The van der Waals surface area contributed by atoms with Crippen molar-refractivity contribution >= 4 is 29.3 Å². The van der Waals surface area contributed by atoms with Gasteiger partial charge in [0.15, 0.2) is 0 Å². The van der Waals surface area contributed by atoms with Crippen molar-refractivity contribution in [3.63, 3.8) is 0 Å². The summed E-state index contributed by atoms with van der Waals surface area (Å²) in [5.74, 6) is 2.63. The van der Waals surface area contributed by atoms with Crippen molar-refractivity contribution in [2.45, 2.75) is 25.5 Å². The lowest BCUT2D eigenvalue weighted by atomic mass is 9.95. The maximum absolute atomic E-state index is 12.8. The molecule has 2 amide bonds. The Morgan fingerprint density at radius 1 is 1.10 bits per heavy atom. The van der Waals surface area contributed by atoms with E-state index in [0.717, 1.165) is 11.5 Å². The number of para-hydroxylation sites is 2. The molecule has 2 aromatic rings. The van der Waals surface area contributed by atoms with Crippen LogP contribution in [0.4, 0.5) is 5.69 Å². The Hall–Kier alpha value is -2.47. The summed E-state index contributed by atoms with van der Waals surface area (Å²) in [5.41, 5.74) is 2.63. The summed E-state index contributed by atoms with van der Waals surface area (Å²) < 4.78 is 5.29. The molecule has 0 unspecified atom stereocenters. The van der Waals surface area contributed by atoms with Crippen LogP contribution in [0.5, 0.6) is 5.75 Å². The Labute approximate surface area is 176 Å². The first-order valence-electron chi connectivity index (χ1n) is 10.0. The highest BCUT2D eigenvalue weighted by atomic mass is 32.2. The predicted molar refractivity (Wildman–Crippen MR) is 119 cm³/mol. The van der Waals surface area contributed by atoms with E-state index in [9.17, 15) is 9.59 Å². The van der Waals surface area contributed by atoms with E-state index in [1.807, 2.05) is 65.2 Å². The fourth-order valence-corrected chi connectivity index (χ4v) is 4.11. The third kappa shape index (κ3) is 5.54. The number of amides is 2. The van der Waals surface area contributed by atoms with Gasteiger partial charge in [-0.25, -0.2) is 0 Å². The van der Waals surface area contributed by atoms with Gasteiger partial charge in [-0.1, -0.05) is 31.2 Å². The van der Waals surface area contributed by atoms with E-state index in [0.29, 0.717) is 42.9 Å². The van der Waals surface area contributed by atoms with Crippen LogP contribution >= 0.6 is 11.8 Å². The van der Waals surface area contributed by atoms with Crippen LogP contribution in [0.25, 0.3) is 0 Å². The zero-order valence-corrected chi connectivity index (χ0v) is 17.8. The van der Waals surface area contributed by atoms with Crippen molar-refractivity contribution in [1.29, 1.82) is 0 Å². The maximum Gasteiger partial charge on any atom is 0.253 e. The van der Waals surface area contributed by atoms with E-state index in [1.165, 1.54) is 5.56 Å². The van der Waals surface area contributed by atoms with Crippen molar-refractivity contribution in [2.24, 2.45) is 5.92 Å². The molecule has 2 aromatic carbocycles. The highest BCUT2D eigenvalue weighted by Gasteiger charge is 2.28. The lowest BCUT2D eigenvalue weighted by molar-refractivity contribution is -0.121. The first-order valence-corrected chi connectivity index (χ1v) is 11.2. The lowest BCUT2D eigenvalue weighted by Gasteiger charge is -2.31. The zero-order valence-electron chi connectivity index (χ0n) is 17.0. The summed E-state index contributed by atoms with van der Waals surface area (Å²) in [7, 11) is 1.59. The molecule has 1 heterocycles. The van der Waals surface area contributed by atoms with E-state index < -0.39 is 0 Å².